The Hall–Kier alpha value is -3.39. The van der Waals surface area contributed by atoms with Gasteiger partial charge in [-0.1, -0.05) is 18.2 Å². The number of methoxy groups -OCH3 is 1. The number of nitrogens with zero attached hydrogens (tertiary/aromatic N) is 2. The fourth-order valence-corrected chi connectivity index (χ4v) is 4.20. The maximum atomic E-state index is 13.9. The molecule has 1 amide bonds. The van der Waals surface area contributed by atoms with Crippen molar-refractivity contribution in [3.63, 3.8) is 0 Å². The first kappa shape index (κ1) is 25.2. The van der Waals surface area contributed by atoms with Gasteiger partial charge in [0.2, 0.25) is 0 Å². The molecule has 8 heteroatoms. The second-order valence-corrected chi connectivity index (χ2v) is 8.43. The highest BCUT2D eigenvalue weighted by Gasteiger charge is 2.41. The number of hydrogen-bond donors (Lipinski definition) is 0. The van der Waals surface area contributed by atoms with Crippen molar-refractivity contribution in [3.8, 4) is 5.75 Å². The lowest BCUT2D eigenvalue weighted by atomic mass is 9.86. The van der Waals surface area contributed by atoms with E-state index in [9.17, 15) is 14.4 Å². The van der Waals surface area contributed by atoms with Crippen LogP contribution in [0.1, 0.15) is 41.3 Å². The van der Waals surface area contributed by atoms with Gasteiger partial charge in [-0.2, -0.15) is 0 Å². The van der Waals surface area contributed by atoms with E-state index in [1.54, 1.807) is 43.2 Å². The zero-order valence-corrected chi connectivity index (χ0v) is 20.4. The van der Waals surface area contributed by atoms with Crippen molar-refractivity contribution in [1.82, 2.24) is 4.90 Å². The predicted octanol–water partition coefficient (Wildman–Crippen LogP) is 3.04. The van der Waals surface area contributed by atoms with Crippen LogP contribution >= 0.6 is 0 Å². The summed E-state index contributed by atoms with van der Waals surface area (Å²) >= 11 is 0. The Labute approximate surface area is 200 Å². The van der Waals surface area contributed by atoms with Crippen LogP contribution in [0.4, 0.5) is 5.69 Å². The molecule has 0 aliphatic carbocycles. The van der Waals surface area contributed by atoms with Crippen LogP contribution in [0.15, 0.2) is 42.5 Å². The van der Waals surface area contributed by atoms with Gasteiger partial charge in [0.1, 0.15) is 5.75 Å². The standard InChI is InChI=1S/C26H32N2O6/c1-6-33-26(31)20-8-7-9-23-22(20)16-21(18-10-12-19(32-5)13-11-18)24(34-17(2)29)25(30)28(23)15-14-27(3)4/h7-13,21,24H,6,14-16H2,1-5H3. The number of amides is 1. The van der Waals surface area contributed by atoms with E-state index in [2.05, 4.69) is 0 Å². The molecule has 2 atom stereocenters. The van der Waals surface area contributed by atoms with Crippen molar-refractivity contribution >= 4 is 23.5 Å². The monoisotopic (exact) mass is 468 g/mol. The number of carbonyl (C=O) groups excluding carboxylic acids is 3. The lowest BCUT2D eigenvalue weighted by Crippen LogP contribution is -2.45. The molecule has 0 fully saturated rings. The van der Waals surface area contributed by atoms with Crippen molar-refractivity contribution in [2.24, 2.45) is 0 Å². The topological polar surface area (TPSA) is 85.4 Å². The van der Waals surface area contributed by atoms with Crippen molar-refractivity contribution in [2.75, 3.05) is 45.8 Å². The summed E-state index contributed by atoms with van der Waals surface area (Å²) in [6.45, 7) is 4.25. The Morgan fingerprint density at radius 1 is 1.12 bits per heavy atom. The molecule has 2 unspecified atom stereocenters. The van der Waals surface area contributed by atoms with E-state index < -0.39 is 24.0 Å². The maximum absolute atomic E-state index is 13.9. The average Bonchev–Trinajstić information content (AvgIpc) is 2.92. The van der Waals surface area contributed by atoms with Crippen LogP contribution in [-0.2, 0) is 25.5 Å². The largest absolute Gasteiger partial charge is 0.497 e. The van der Waals surface area contributed by atoms with Crippen molar-refractivity contribution in [3.05, 3.63) is 59.2 Å². The van der Waals surface area contributed by atoms with E-state index in [4.69, 9.17) is 14.2 Å². The minimum Gasteiger partial charge on any atom is -0.497 e. The number of ether oxygens (including phenoxy) is 3. The highest BCUT2D eigenvalue weighted by atomic mass is 16.5. The van der Waals surface area contributed by atoms with Crippen molar-refractivity contribution < 1.29 is 28.6 Å². The Bertz CT molecular complexity index is 1030. The van der Waals surface area contributed by atoms with Crippen LogP contribution < -0.4 is 9.64 Å². The van der Waals surface area contributed by atoms with Crippen LogP contribution in [-0.4, -0.2) is 69.8 Å². The van der Waals surface area contributed by atoms with E-state index in [0.717, 1.165) is 5.56 Å². The molecule has 1 heterocycles. The third kappa shape index (κ3) is 5.56. The molecular formula is C26H32N2O6. The molecule has 34 heavy (non-hydrogen) atoms. The van der Waals surface area contributed by atoms with Gasteiger partial charge < -0.3 is 24.0 Å². The fourth-order valence-electron chi connectivity index (χ4n) is 4.20. The summed E-state index contributed by atoms with van der Waals surface area (Å²) in [5.41, 5.74) is 2.54. The Morgan fingerprint density at radius 3 is 2.41 bits per heavy atom. The molecular weight excluding hydrogens is 436 g/mol. The van der Waals surface area contributed by atoms with E-state index >= 15 is 0 Å². The molecule has 0 saturated carbocycles. The fraction of sp³-hybridized carbons (Fsp3) is 0.423. The van der Waals surface area contributed by atoms with Crippen LogP contribution in [0.3, 0.4) is 0 Å². The molecule has 0 radical (unpaired) electrons. The minimum atomic E-state index is -1.05. The lowest BCUT2D eigenvalue weighted by molar-refractivity contribution is -0.154. The first-order valence-electron chi connectivity index (χ1n) is 11.3. The van der Waals surface area contributed by atoms with Gasteiger partial charge in [0.15, 0.2) is 6.10 Å². The van der Waals surface area contributed by atoms with E-state index in [1.807, 2.05) is 37.2 Å². The van der Waals surface area contributed by atoms with Gasteiger partial charge in [-0.3, -0.25) is 9.59 Å². The van der Waals surface area contributed by atoms with E-state index in [-0.39, 0.29) is 12.5 Å². The van der Waals surface area contributed by atoms with Crippen LogP contribution in [0.5, 0.6) is 5.75 Å². The molecule has 2 aromatic carbocycles. The lowest BCUT2D eigenvalue weighted by Gasteiger charge is -2.29. The molecule has 0 saturated heterocycles. The molecule has 0 spiro atoms. The summed E-state index contributed by atoms with van der Waals surface area (Å²) < 4.78 is 16.2. The quantitative estimate of drug-likeness (QED) is 0.551. The molecule has 0 aromatic heterocycles. The van der Waals surface area contributed by atoms with E-state index in [0.29, 0.717) is 42.1 Å². The molecule has 1 aliphatic rings. The second-order valence-electron chi connectivity index (χ2n) is 8.43. The first-order valence-corrected chi connectivity index (χ1v) is 11.3. The second kappa shape index (κ2) is 11.2. The zero-order valence-electron chi connectivity index (χ0n) is 20.4. The highest BCUT2D eigenvalue weighted by molar-refractivity contribution is 6.02. The van der Waals surface area contributed by atoms with Gasteiger partial charge in [0, 0.05) is 31.6 Å². The number of anilines is 1. The Morgan fingerprint density at radius 2 is 1.82 bits per heavy atom. The SMILES string of the molecule is CCOC(=O)c1cccc2c1CC(c1ccc(OC)cc1)C(OC(C)=O)C(=O)N2CCN(C)C. The van der Waals surface area contributed by atoms with Gasteiger partial charge in [0.05, 0.1) is 19.3 Å². The summed E-state index contributed by atoms with van der Waals surface area (Å²) in [5.74, 6) is -1.13. The summed E-state index contributed by atoms with van der Waals surface area (Å²) in [7, 11) is 5.42. The normalized spacial score (nSPS) is 17.7. The summed E-state index contributed by atoms with van der Waals surface area (Å²) in [6, 6.07) is 12.6. The van der Waals surface area contributed by atoms with Gasteiger partial charge >= 0.3 is 11.9 Å². The number of likely N-dealkylation sites (N-methyl/N-ethyl adjacent to an activating group) is 1. The third-order valence-corrected chi connectivity index (χ3v) is 5.84. The molecule has 2 aromatic rings. The molecule has 0 bridgehead atoms. The number of benzene rings is 2. The first-order chi connectivity index (χ1) is 16.3. The maximum Gasteiger partial charge on any atom is 0.338 e. The smallest absolute Gasteiger partial charge is 0.338 e. The molecule has 182 valence electrons. The number of hydrogen-bond acceptors (Lipinski definition) is 7. The molecule has 3 rings (SSSR count). The Balaban J connectivity index is 2.19. The van der Waals surface area contributed by atoms with Crippen LogP contribution in [0, 0.1) is 0 Å². The van der Waals surface area contributed by atoms with Gasteiger partial charge in [0.25, 0.3) is 5.91 Å². The average molecular weight is 469 g/mol. The molecule has 8 nitrogen and oxygen atoms in total. The third-order valence-electron chi connectivity index (χ3n) is 5.84. The number of fused-ring (bicyclic) bond motifs is 1. The molecule has 0 N–H and O–H groups in total. The van der Waals surface area contributed by atoms with Crippen LogP contribution in [0.2, 0.25) is 0 Å². The van der Waals surface area contributed by atoms with E-state index in [1.165, 1.54) is 6.92 Å². The number of rotatable bonds is 8. The minimum absolute atomic E-state index is 0.240. The zero-order chi connectivity index (χ0) is 24.8. The van der Waals surface area contributed by atoms with Gasteiger partial charge in [-0.25, -0.2) is 4.79 Å². The number of carbonyl (C=O) groups is 3. The van der Waals surface area contributed by atoms with Gasteiger partial charge in [-0.05, 0) is 62.8 Å². The van der Waals surface area contributed by atoms with Crippen molar-refractivity contribution in [1.29, 1.82) is 0 Å². The summed E-state index contributed by atoms with van der Waals surface area (Å²) in [6.07, 6.45) is -0.728. The predicted molar refractivity (Wildman–Crippen MR) is 128 cm³/mol. The van der Waals surface area contributed by atoms with Crippen molar-refractivity contribution in [2.45, 2.75) is 32.3 Å². The summed E-state index contributed by atoms with van der Waals surface area (Å²) in [5, 5.41) is 0. The highest BCUT2D eigenvalue weighted by Crippen LogP contribution is 2.38. The number of esters is 2. The molecule has 1 aliphatic heterocycles. The Kier molecular flexibility index (Phi) is 8.28. The van der Waals surface area contributed by atoms with Gasteiger partial charge in [-0.15, -0.1) is 0 Å². The summed E-state index contributed by atoms with van der Waals surface area (Å²) in [4.78, 5) is 42.3. The van der Waals surface area contributed by atoms with Crippen LogP contribution in [0.25, 0.3) is 0 Å².